The van der Waals surface area contributed by atoms with Crippen molar-refractivity contribution < 1.29 is 0 Å². The van der Waals surface area contributed by atoms with E-state index < -0.39 is 0 Å². The number of fused-ring (bicyclic) bond motifs is 2. The molecule has 3 aromatic carbocycles. The van der Waals surface area contributed by atoms with Crippen LogP contribution < -0.4 is 0 Å². The summed E-state index contributed by atoms with van der Waals surface area (Å²) in [5.41, 5.74) is 7.01. The van der Waals surface area contributed by atoms with E-state index in [2.05, 4.69) is 76.2 Å². The highest BCUT2D eigenvalue weighted by molar-refractivity contribution is 5.98. The maximum absolute atomic E-state index is 9.83. The first kappa shape index (κ1) is 18.0. The molecule has 0 bridgehead atoms. The van der Waals surface area contributed by atoms with E-state index in [1.54, 1.807) is 0 Å². The summed E-state index contributed by atoms with van der Waals surface area (Å²) in [5, 5.41) is 11.0. The Hall–Kier alpha value is -4.10. The zero-order valence-corrected chi connectivity index (χ0v) is 16.6. The second-order valence-corrected chi connectivity index (χ2v) is 7.43. The van der Waals surface area contributed by atoms with E-state index in [1.807, 2.05) is 36.4 Å². The number of nitriles is 1. The molecule has 0 aliphatic rings. The molecule has 144 valence electrons. The Balaban J connectivity index is 1.61. The quantitative estimate of drug-likeness (QED) is 0.387. The first-order valence-electron chi connectivity index (χ1n) is 9.92. The zero-order valence-electron chi connectivity index (χ0n) is 16.6. The summed E-state index contributed by atoms with van der Waals surface area (Å²) in [4.78, 5) is 7.85. The summed E-state index contributed by atoms with van der Waals surface area (Å²) >= 11 is 0. The molecule has 0 aliphatic carbocycles. The highest BCUT2D eigenvalue weighted by Crippen LogP contribution is 2.27. The van der Waals surface area contributed by atoms with Gasteiger partial charge in [0.15, 0.2) is 0 Å². The van der Waals surface area contributed by atoms with Crippen LogP contribution in [0.4, 0.5) is 0 Å². The molecule has 0 fully saturated rings. The first-order valence-corrected chi connectivity index (χ1v) is 9.92. The summed E-state index contributed by atoms with van der Waals surface area (Å²) in [7, 11) is 0. The number of H-pyrrole nitrogens is 1. The molecule has 0 saturated carbocycles. The molecule has 5 rings (SSSR count). The maximum Gasteiger partial charge on any atom is 0.149 e. The summed E-state index contributed by atoms with van der Waals surface area (Å²) in [6, 6.07) is 26.9. The van der Waals surface area contributed by atoms with E-state index in [0.29, 0.717) is 11.4 Å². The molecule has 1 N–H and O–H groups in total. The molecule has 0 spiro atoms. The molecule has 4 heteroatoms. The van der Waals surface area contributed by atoms with Crippen molar-refractivity contribution in [1.82, 2.24) is 14.5 Å². The third kappa shape index (κ3) is 3.17. The molecular weight excluding hydrogens is 368 g/mol. The van der Waals surface area contributed by atoms with Crippen molar-refractivity contribution in [2.24, 2.45) is 0 Å². The van der Waals surface area contributed by atoms with Gasteiger partial charge in [0.25, 0.3) is 0 Å². The maximum atomic E-state index is 9.83. The number of imidazole rings is 1. The van der Waals surface area contributed by atoms with E-state index in [9.17, 15) is 5.26 Å². The van der Waals surface area contributed by atoms with Crippen LogP contribution in [0, 0.1) is 18.3 Å². The molecule has 30 heavy (non-hydrogen) atoms. The fourth-order valence-electron chi connectivity index (χ4n) is 3.88. The smallest absolute Gasteiger partial charge is 0.149 e. The Bertz CT molecular complexity index is 1410. The average Bonchev–Trinajstić information content (AvgIpc) is 3.35. The Morgan fingerprint density at radius 1 is 1.03 bits per heavy atom. The van der Waals surface area contributed by atoms with E-state index >= 15 is 0 Å². The number of hydrogen-bond donors (Lipinski definition) is 1. The standard InChI is InChI=1S/C26H20N4/c1-18-8-2-3-9-19(18)16-30-17-21(22-10-4-7-13-25(22)30)14-20(15-27)26-28-23-11-5-6-12-24(23)29-26/h2-14,17H,16H2,1H3,(H,28,29)/b20-14+. The minimum Gasteiger partial charge on any atom is -0.342 e. The lowest BCUT2D eigenvalue weighted by Crippen LogP contribution is -1.99. The Morgan fingerprint density at radius 3 is 2.63 bits per heavy atom. The number of nitrogens with one attached hydrogen (secondary N) is 1. The highest BCUT2D eigenvalue weighted by Gasteiger charge is 2.12. The van der Waals surface area contributed by atoms with Gasteiger partial charge in [-0.25, -0.2) is 4.98 Å². The van der Waals surface area contributed by atoms with Crippen LogP contribution in [0.3, 0.4) is 0 Å². The number of nitrogens with zero attached hydrogens (tertiary/aromatic N) is 3. The molecule has 4 nitrogen and oxygen atoms in total. The lowest BCUT2D eigenvalue weighted by atomic mass is 10.1. The Kier molecular flexibility index (Phi) is 4.42. The number of aryl methyl sites for hydroxylation is 1. The van der Waals surface area contributed by atoms with E-state index in [-0.39, 0.29) is 0 Å². The number of hydrogen-bond acceptors (Lipinski definition) is 2. The number of allylic oxidation sites excluding steroid dienone is 1. The van der Waals surface area contributed by atoms with Crippen molar-refractivity contribution in [3.05, 3.63) is 102 Å². The van der Waals surface area contributed by atoms with Crippen LogP contribution in [0.2, 0.25) is 0 Å². The molecule has 0 unspecified atom stereocenters. The molecule has 0 atom stereocenters. The number of para-hydroxylation sites is 3. The molecule has 0 saturated heterocycles. The van der Waals surface area contributed by atoms with Crippen molar-refractivity contribution in [2.45, 2.75) is 13.5 Å². The normalized spacial score (nSPS) is 11.8. The number of aromatic nitrogens is 3. The van der Waals surface area contributed by atoms with Gasteiger partial charge < -0.3 is 9.55 Å². The molecule has 0 radical (unpaired) electrons. The second kappa shape index (κ2) is 7.38. The summed E-state index contributed by atoms with van der Waals surface area (Å²) in [6.45, 7) is 2.92. The van der Waals surface area contributed by atoms with Gasteiger partial charge in [0.1, 0.15) is 11.9 Å². The number of aromatic amines is 1. The molecular formula is C26H20N4. The van der Waals surface area contributed by atoms with Crippen LogP contribution in [0.5, 0.6) is 0 Å². The van der Waals surface area contributed by atoms with Gasteiger partial charge in [-0.15, -0.1) is 0 Å². The highest BCUT2D eigenvalue weighted by atomic mass is 15.0. The van der Waals surface area contributed by atoms with Crippen LogP contribution in [-0.2, 0) is 6.54 Å². The van der Waals surface area contributed by atoms with Crippen LogP contribution >= 0.6 is 0 Å². The molecule has 2 aromatic heterocycles. The van der Waals surface area contributed by atoms with Gasteiger partial charge >= 0.3 is 0 Å². The van der Waals surface area contributed by atoms with Crippen molar-refractivity contribution in [2.75, 3.05) is 0 Å². The predicted octanol–water partition coefficient (Wildman–Crippen LogP) is 5.94. The topological polar surface area (TPSA) is 57.4 Å². The van der Waals surface area contributed by atoms with E-state index in [1.165, 1.54) is 11.1 Å². The summed E-state index contributed by atoms with van der Waals surface area (Å²) in [5.74, 6) is 0.592. The summed E-state index contributed by atoms with van der Waals surface area (Å²) < 4.78 is 2.25. The number of rotatable bonds is 4. The van der Waals surface area contributed by atoms with E-state index in [0.717, 1.165) is 34.0 Å². The van der Waals surface area contributed by atoms with Gasteiger partial charge in [-0.05, 0) is 42.3 Å². The Labute approximate surface area is 174 Å². The average molecular weight is 388 g/mol. The van der Waals surface area contributed by atoms with Crippen molar-refractivity contribution in [3.8, 4) is 6.07 Å². The molecule has 2 heterocycles. The van der Waals surface area contributed by atoms with Gasteiger partial charge in [0.2, 0.25) is 0 Å². The third-order valence-corrected chi connectivity index (χ3v) is 5.49. The van der Waals surface area contributed by atoms with Gasteiger partial charge in [-0.1, -0.05) is 54.6 Å². The van der Waals surface area contributed by atoms with Gasteiger partial charge in [-0.3, -0.25) is 0 Å². The third-order valence-electron chi connectivity index (χ3n) is 5.49. The van der Waals surface area contributed by atoms with Crippen LogP contribution in [0.25, 0.3) is 33.6 Å². The summed E-state index contributed by atoms with van der Waals surface area (Å²) in [6.07, 6.45) is 4.05. The Morgan fingerprint density at radius 2 is 1.80 bits per heavy atom. The molecule has 0 amide bonds. The van der Waals surface area contributed by atoms with Gasteiger partial charge in [0.05, 0.1) is 16.6 Å². The fraction of sp³-hybridized carbons (Fsp3) is 0.0769. The SMILES string of the molecule is Cc1ccccc1Cn1cc(/C=C(\C#N)c2nc3ccccc3[nH]2)c2ccccc21. The largest absolute Gasteiger partial charge is 0.342 e. The molecule has 5 aromatic rings. The lowest BCUT2D eigenvalue weighted by Gasteiger charge is -2.08. The zero-order chi connectivity index (χ0) is 20.5. The van der Waals surface area contributed by atoms with Crippen molar-refractivity contribution in [3.63, 3.8) is 0 Å². The second-order valence-electron chi connectivity index (χ2n) is 7.43. The fourth-order valence-corrected chi connectivity index (χ4v) is 3.88. The number of benzene rings is 3. The van der Waals surface area contributed by atoms with Crippen molar-refractivity contribution in [1.29, 1.82) is 5.26 Å². The lowest BCUT2D eigenvalue weighted by molar-refractivity contribution is 0.830. The van der Waals surface area contributed by atoms with Crippen LogP contribution in [-0.4, -0.2) is 14.5 Å². The predicted molar refractivity (Wildman–Crippen MR) is 122 cm³/mol. The first-order chi connectivity index (χ1) is 14.7. The van der Waals surface area contributed by atoms with Crippen molar-refractivity contribution >= 4 is 33.6 Å². The van der Waals surface area contributed by atoms with Gasteiger partial charge in [0, 0.05) is 29.2 Å². The van der Waals surface area contributed by atoms with Crippen LogP contribution in [0.1, 0.15) is 22.5 Å². The van der Waals surface area contributed by atoms with Gasteiger partial charge in [-0.2, -0.15) is 5.26 Å². The minimum atomic E-state index is 0.519. The van der Waals surface area contributed by atoms with Crippen LogP contribution in [0.15, 0.2) is 79.0 Å². The monoisotopic (exact) mass is 388 g/mol. The minimum absolute atomic E-state index is 0.519. The molecule has 0 aliphatic heterocycles. The van der Waals surface area contributed by atoms with E-state index in [4.69, 9.17) is 0 Å².